The lowest BCUT2D eigenvalue weighted by molar-refractivity contribution is 0.102. The van der Waals surface area contributed by atoms with Crippen LogP contribution < -0.4 is 5.32 Å². The van der Waals surface area contributed by atoms with Crippen molar-refractivity contribution in [1.82, 2.24) is 24.5 Å². The third-order valence-corrected chi connectivity index (χ3v) is 5.84. The molecule has 0 fully saturated rings. The quantitative estimate of drug-likeness (QED) is 0.671. The van der Waals surface area contributed by atoms with Crippen molar-refractivity contribution in [3.63, 3.8) is 0 Å². The van der Waals surface area contributed by atoms with Crippen LogP contribution in [0.15, 0.2) is 41.3 Å². The zero-order valence-electron chi connectivity index (χ0n) is 15.6. The van der Waals surface area contributed by atoms with E-state index in [9.17, 15) is 22.0 Å². The standard InChI is InChI=1S/C17H16F2N6O3S/c1-10-21-22-23-25(10)15-9-12(5-7-13(15)18)20-17(26)11-4-6-14(19)16(8-11)29(27,28)24(2)3/h4-9H,1-3H3,(H,20,26). The maximum Gasteiger partial charge on any atom is 0.255 e. The van der Waals surface area contributed by atoms with E-state index in [4.69, 9.17) is 0 Å². The van der Waals surface area contributed by atoms with Gasteiger partial charge >= 0.3 is 0 Å². The molecule has 1 aromatic heterocycles. The van der Waals surface area contributed by atoms with Crippen LogP contribution in [0.5, 0.6) is 0 Å². The van der Waals surface area contributed by atoms with Crippen LogP contribution in [0.25, 0.3) is 5.69 Å². The van der Waals surface area contributed by atoms with Crippen LogP contribution in [0.1, 0.15) is 16.2 Å². The Morgan fingerprint density at radius 3 is 2.41 bits per heavy atom. The SMILES string of the molecule is Cc1nnnn1-c1cc(NC(=O)c2ccc(F)c(S(=O)(=O)N(C)C)c2)ccc1F. The number of tetrazole rings is 1. The van der Waals surface area contributed by atoms with E-state index in [1.807, 2.05) is 0 Å². The number of carbonyl (C=O) groups excluding carboxylic acids is 1. The number of nitrogens with one attached hydrogen (secondary N) is 1. The number of nitrogens with zero attached hydrogens (tertiary/aromatic N) is 5. The summed E-state index contributed by atoms with van der Waals surface area (Å²) in [6.45, 7) is 1.58. The number of amides is 1. The van der Waals surface area contributed by atoms with Crippen molar-refractivity contribution in [2.75, 3.05) is 19.4 Å². The Morgan fingerprint density at radius 1 is 1.10 bits per heavy atom. The number of aryl methyl sites for hydroxylation is 1. The van der Waals surface area contributed by atoms with Gasteiger partial charge in [0.25, 0.3) is 5.91 Å². The van der Waals surface area contributed by atoms with Crippen LogP contribution >= 0.6 is 0 Å². The second-order valence-electron chi connectivity index (χ2n) is 6.19. The smallest absolute Gasteiger partial charge is 0.255 e. The summed E-state index contributed by atoms with van der Waals surface area (Å²) < 4.78 is 54.6. The average molecular weight is 422 g/mol. The molecule has 0 aliphatic heterocycles. The van der Waals surface area contributed by atoms with Crippen molar-refractivity contribution in [2.45, 2.75) is 11.8 Å². The fourth-order valence-electron chi connectivity index (χ4n) is 2.45. The van der Waals surface area contributed by atoms with Gasteiger partial charge in [-0.15, -0.1) is 5.10 Å². The van der Waals surface area contributed by atoms with E-state index in [0.29, 0.717) is 5.82 Å². The minimum absolute atomic E-state index is 0.0141. The third kappa shape index (κ3) is 3.98. The van der Waals surface area contributed by atoms with E-state index in [2.05, 4.69) is 20.8 Å². The molecule has 0 atom stereocenters. The molecule has 2 aromatic carbocycles. The first-order valence-corrected chi connectivity index (χ1v) is 9.63. The van der Waals surface area contributed by atoms with Crippen molar-refractivity contribution in [1.29, 1.82) is 0 Å². The van der Waals surface area contributed by atoms with Crippen molar-refractivity contribution in [3.05, 3.63) is 59.4 Å². The highest BCUT2D eigenvalue weighted by molar-refractivity contribution is 7.89. The fraction of sp³-hybridized carbons (Fsp3) is 0.176. The molecule has 3 aromatic rings. The second kappa shape index (κ2) is 7.64. The van der Waals surface area contributed by atoms with Gasteiger partial charge in [-0.25, -0.2) is 21.5 Å². The summed E-state index contributed by atoms with van der Waals surface area (Å²) in [4.78, 5) is 11.9. The molecule has 1 heterocycles. The lowest BCUT2D eigenvalue weighted by Crippen LogP contribution is -2.24. The lowest BCUT2D eigenvalue weighted by Gasteiger charge is -2.13. The Morgan fingerprint density at radius 2 is 1.79 bits per heavy atom. The van der Waals surface area contributed by atoms with E-state index >= 15 is 0 Å². The van der Waals surface area contributed by atoms with Gasteiger partial charge < -0.3 is 5.32 Å². The van der Waals surface area contributed by atoms with Crippen molar-refractivity contribution >= 4 is 21.6 Å². The number of benzene rings is 2. The number of rotatable bonds is 5. The number of carbonyl (C=O) groups is 1. The van der Waals surface area contributed by atoms with Crippen LogP contribution in [-0.2, 0) is 10.0 Å². The number of sulfonamides is 1. The molecule has 0 bridgehead atoms. The molecule has 1 amide bonds. The molecular formula is C17H16F2N6O3S. The number of hydrogen-bond donors (Lipinski definition) is 1. The van der Waals surface area contributed by atoms with Gasteiger partial charge in [0.1, 0.15) is 22.2 Å². The molecule has 9 nitrogen and oxygen atoms in total. The molecule has 0 aliphatic rings. The number of halogens is 2. The van der Waals surface area contributed by atoms with Crippen molar-refractivity contribution < 1.29 is 22.0 Å². The molecule has 0 saturated carbocycles. The first-order chi connectivity index (χ1) is 13.6. The Balaban J connectivity index is 1.93. The average Bonchev–Trinajstić information content (AvgIpc) is 3.09. The van der Waals surface area contributed by atoms with Crippen molar-refractivity contribution in [3.8, 4) is 5.69 Å². The van der Waals surface area contributed by atoms with Gasteiger partial charge in [-0.1, -0.05) is 0 Å². The van der Waals surface area contributed by atoms with Crippen LogP contribution in [0.4, 0.5) is 14.5 Å². The maximum atomic E-state index is 14.1. The molecule has 12 heteroatoms. The number of aromatic nitrogens is 4. The fourth-order valence-corrected chi connectivity index (χ4v) is 3.43. The van der Waals surface area contributed by atoms with Crippen molar-refractivity contribution in [2.24, 2.45) is 0 Å². The number of hydrogen-bond acceptors (Lipinski definition) is 6. The molecule has 0 unspecified atom stereocenters. The highest BCUT2D eigenvalue weighted by Crippen LogP contribution is 2.22. The van der Waals surface area contributed by atoms with Crippen LogP contribution in [0.3, 0.4) is 0 Å². The van der Waals surface area contributed by atoms with E-state index in [0.717, 1.165) is 33.3 Å². The summed E-state index contributed by atoms with van der Waals surface area (Å²) in [6, 6.07) is 6.74. The minimum atomic E-state index is -4.08. The summed E-state index contributed by atoms with van der Waals surface area (Å²) in [5.41, 5.74) is 0.138. The highest BCUT2D eigenvalue weighted by atomic mass is 32.2. The Labute approximate surface area is 165 Å². The van der Waals surface area contributed by atoms with Gasteiger partial charge in [0, 0.05) is 25.3 Å². The lowest BCUT2D eigenvalue weighted by atomic mass is 10.2. The van der Waals surface area contributed by atoms with Gasteiger partial charge in [-0.2, -0.15) is 4.68 Å². The molecule has 1 N–H and O–H groups in total. The molecule has 0 spiro atoms. The van der Waals surface area contributed by atoms with E-state index in [-0.39, 0.29) is 16.9 Å². The molecule has 0 radical (unpaired) electrons. The van der Waals surface area contributed by atoms with Gasteiger partial charge in [0.05, 0.1) is 0 Å². The first kappa shape index (κ1) is 20.5. The zero-order chi connectivity index (χ0) is 21.3. The summed E-state index contributed by atoms with van der Waals surface area (Å²) in [7, 11) is -1.57. The summed E-state index contributed by atoms with van der Waals surface area (Å²) in [5, 5.41) is 13.3. The van der Waals surface area contributed by atoms with E-state index in [1.54, 1.807) is 6.92 Å². The van der Waals surface area contributed by atoms with Gasteiger partial charge in [-0.05, 0) is 53.7 Å². The molecule has 0 saturated heterocycles. The second-order valence-corrected chi connectivity index (χ2v) is 8.31. The normalized spacial score (nSPS) is 11.7. The molecular weight excluding hydrogens is 406 g/mol. The molecule has 3 rings (SSSR count). The van der Waals surface area contributed by atoms with Gasteiger partial charge in [-0.3, -0.25) is 4.79 Å². The monoisotopic (exact) mass is 422 g/mol. The van der Waals surface area contributed by atoms with Crippen LogP contribution in [0.2, 0.25) is 0 Å². The number of anilines is 1. The van der Waals surface area contributed by atoms with Crippen LogP contribution in [-0.4, -0.2) is 52.9 Å². The predicted octanol–water partition coefficient (Wildman–Crippen LogP) is 1.75. The predicted molar refractivity (Wildman–Crippen MR) is 99.1 cm³/mol. The molecule has 29 heavy (non-hydrogen) atoms. The Hall–Kier alpha value is -3.25. The van der Waals surface area contributed by atoms with E-state index in [1.165, 1.54) is 26.2 Å². The topological polar surface area (TPSA) is 110 Å². The van der Waals surface area contributed by atoms with E-state index < -0.39 is 32.5 Å². The van der Waals surface area contributed by atoms with Gasteiger partial charge in [0.15, 0.2) is 5.82 Å². The first-order valence-electron chi connectivity index (χ1n) is 8.19. The Kier molecular flexibility index (Phi) is 5.40. The highest BCUT2D eigenvalue weighted by Gasteiger charge is 2.23. The largest absolute Gasteiger partial charge is 0.322 e. The summed E-state index contributed by atoms with van der Waals surface area (Å²) in [5.74, 6) is -1.95. The molecule has 0 aliphatic carbocycles. The van der Waals surface area contributed by atoms with Crippen LogP contribution in [0, 0.1) is 18.6 Å². The Bertz CT molecular complexity index is 1190. The van der Waals surface area contributed by atoms with Gasteiger partial charge in [0.2, 0.25) is 10.0 Å². The summed E-state index contributed by atoms with van der Waals surface area (Å²) >= 11 is 0. The minimum Gasteiger partial charge on any atom is -0.322 e. The molecule has 152 valence electrons. The summed E-state index contributed by atoms with van der Waals surface area (Å²) in [6.07, 6.45) is 0. The maximum absolute atomic E-state index is 14.1. The third-order valence-electron chi connectivity index (χ3n) is 4.01. The zero-order valence-corrected chi connectivity index (χ0v) is 16.4.